The van der Waals surface area contributed by atoms with Crippen LogP contribution >= 0.6 is 11.8 Å². The maximum Gasteiger partial charge on any atom is 0.223 e. The molecule has 2 aromatic rings. The molecule has 8 heteroatoms. The van der Waals surface area contributed by atoms with E-state index in [-0.39, 0.29) is 11.8 Å². The minimum absolute atomic E-state index is 0.0483. The van der Waals surface area contributed by atoms with Crippen molar-refractivity contribution >= 4 is 17.7 Å². The summed E-state index contributed by atoms with van der Waals surface area (Å²) >= 11 is 1.59. The quantitative estimate of drug-likeness (QED) is 0.630. The first-order chi connectivity index (χ1) is 10.6. The summed E-state index contributed by atoms with van der Waals surface area (Å²) in [6.45, 7) is 2.60. The molecule has 0 aromatic carbocycles. The molecule has 2 aromatic heterocycles. The van der Waals surface area contributed by atoms with Crippen molar-refractivity contribution in [1.29, 1.82) is 0 Å². The lowest BCUT2D eigenvalue weighted by Gasteiger charge is -2.20. The molecule has 0 radical (unpaired) electrons. The predicted molar refractivity (Wildman–Crippen MR) is 83.6 cm³/mol. The van der Waals surface area contributed by atoms with Crippen molar-refractivity contribution in [2.75, 3.05) is 12.3 Å². The van der Waals surface area contributed by atoms with Gasteiger partial charge in [-0.25, -0.2) is 4.98 Å². The standard InChI is InChI=1S/C14H20N6OS/c1-9-17-11-4-3-10(7-12(11)18-9)13(21)15-5-6-22-14-19-16-8-20(14)2/h8,10H,3-7H2,1-2H3,(H,15,21)(H,17,18). The van der Waals surface area contributed by atoms with E-state index in [4.69, 9.17) is 0 Å². The minimum Gasteiger partial charge on any atom is -0.355 e. The Hall–Kier alpha value is -1.83. The molecule has 0 aliphatic heterocycles. The molecule has 22 heavy (non-hydrogen) atoms. The highest BCUT2D eigenvalue weighted by Crippen LogP contribution is 2.24. The average molecular weight is 320 g/mol. The Morgan fingerprint density at radius 2 is 2.45 bits per heavy atom. The van der Waals surface area contributed by atoms with Crippen LogP contribution in [0.4, 0.5) is 0 Å². The molecule has 1 amide bonds. The molecule has 1 aliphatic rings. The van der Waals surface area contributed by atoms with Gasteiger partial charge in [-0.2, -0.15) is 0 Å². The Kier molecular flexibility index (Phi) is 4.47. The molecule has 1 unspecified atom stereocenters. The Balaban J connectivity index is 1.44. The summed E-state index contributed by atoms with van der Waals surface area (Å²) in [5.41, 5.74) is 2.25. The lowest BCUT2D eigenvalue weighted by atomic mass is 9.89. The van der Waals surface area contributed by atoms with E-state index in [1.165, 1.54) is 0 Å². The molecule has 0 saturated carbocycles. The van der Waals surface area contributed by atoms with Gasteiger partial charge in [-0.15, -0.1) is 10.2 Å². The molecule has 0 saturated heterocycles. The second kappa shape index (κ2) is 6.51. The van der Waals surface area contributed by atoms with Crippen molar-refractivity contribution in [2.24, 2.45) is 13.0 Å². The fourth-order valence-corrected chi connectivity index (χ4v) is 3.45. The number of nitrogens with one attached hydrogen (secondary N) is 2. The Morgan fingerprint density at radius 1 is 1.59 bits per heavy atom. The summed E-state index contributed by atoms with van der Waals surface area (Å²) in [4.78, 5) is 20.0. The van der Waals surface area contributed by atoms with Gasteiger partial charge in [-0.3, -0.25) is 4.79 Å². The zero-order valence-corrected chi connectivity index (χ0v) is 13.6. The number of nitrogens with zero attached hydrogens (tertiary/aromatic N) is 4. The van der Waals surface area contributed by atoms with Gasteiger partial charge >= 0.3 is 0 Å². The van der Waals surface area contributed by atoms with Crippen molar-refractivity contribution in [3.8, 4) is 0 Å². The van der Waals surface area contributed by atoms with Crippen LogP contribution in [0.5, 0.6) is 0 Å². The third-order valence-corrected chi connectivity index (χ3v) is 4.87. The van der Waals surface area contributed by atoms with Gasteiger partial charge < -0.3 is 14.9 Å². The number of H-pyrrole nitrogens is 1. The van der Waals surface area contributed by atoms with Crippen molar-refractivity contribution in [3.63, 3.8) is 0 Å². The number of amides is 1. The zero-order chi connectivity index (χ0) is 15.5. The molecule has 3 rings (SSSR count). The van der Waals surface area contributed by atoms with Gasteiger partial charge in [0.2, 0.25) is 5.91 Å². The van der Waals surface area contributed by atoms with Gasteiger partial charge in [0.15, 0.2) is 5.16 Å². The van der Waals surface area contributed by atoms with E-state index in [0.717, 1.165) is 47.4 Å². The van der Waals surface area contributed by atoms with E-state index in [0.29, 0.717) is 6.54 Å². The van der Waals surface area contributed by atoms with E-state index in [1.807, 2.05) is 18.5 Å². The van der Waals surface area contributed by atoms with Crippen molar-refractivity contribution in [3.05, 3.63) is 23.5 Å². The number of aromatic amines is 1. The maximum atomic E-state index is 12.3. The molecular weight excluding hydrogens is 300 g/mol. The van der Waals surface area contributed by atoms with E-state index in [1.54, 1.807) is 18.1 Å². The fourth-order valence-electron chi connectivity index (χ4n) is 2.71. The largest absolute Gasteiger partial charge is 0.355 e. The van der Waals surface area contributed by atoms with Crippen LogP contribution in [0.3, 0.4) is 0 Å². The number of aryl methyl sites for hydroxylation is 3. The molecular formula is C14H20N6OS. The smallest absolute Gasteiger partial charge is 0.223 e. The number of hydrogen-bond acceptors (Lipinski definition) is 5. The lowest BCUT2D eigenvalue weighted by molar-refractivity contribution is -0.125. The number of hydrogen-bond donors (Lipinski definition) is 2. The highest BCUT2D eigenvalue weighted by atomic mass is 32.2. The second-order valence-corrected chi connectivity index (χ2v) is 6.61. The SMILES string of the molecule is Cc1nc2c([nH]1)CC(C(=O)NCCSc1nncn1C)CC2. The molecule has 118 valence electrons. The van der Waals surface area contributed by atoms with Crippen LogP contribution in [-0.2, 0) is 24.7 Å². The highest BCUT2D eigenvalue weighted by molar-refractivity contribution is 7.99. The zero-order valence-electron chi connectivity index (χ0n) is 12.8. The number of carbonyl (C=O) groups excluding carboxylic acids is 1. The summed E-state index contributed by atoms with van der Waals surface area (Å²) in [6.07, 6.45) is 4.19. The summed E-state index contributed by atoms with van der Waals surface area (Å²) < 4.78 is 1.87. The first kappa shape index (κ1) is 15.1. The number of fused-ring (bicyclic) bond motifs is 1. The van der Waals surface area contributed by atoms with Gasteiger partial charge in [0.1, 0.15) is 12.2 Å². The van der Waals surface area contributed by atoms with Crippen LogP contribution in [0, 0.1) is 12.8 Å². The summed E-state index contributed by atoms with van der Waals surface area (Å²) in [6, 6.07) is 0. The number of aromatic nitrogens is 5. The molecule has 0 bridgehead atoms. The van der Waals surface area contributed by atoms with Crippen molar-refractivity contribution in [2.45, 2.75) is 31.3 Å². The van der Waals surface area contributed by atoms with Crippen LogP contribution in [0.25, 0.3) is 0 Å². The number of thioether (sulfide) groups is 1. The third-order valence-electron chi connectivity index (χ3n) is 3.84. The number of carbonyl (C=O) groups is 1. The van der Waals surface area contributed by atoms with Gasteiger partial charge in [0.25, 0.3) is 0 Å². The highest BCUT2D eigenvalue weighted by Gasteiger charge is 2.26. The van der Waals surface area contributed by atoms with Crippen LogP contribution < -0.4 is 5.32 Å². The molecule has 1 aliphatic carbocycles. The minimum atomic E-state index is 0.0483. The first-order valence-corrected chi connectivity index (χ1v) is 8.41. The normalized spacial score (nSPS) is 17.3. The van der Waals surface area contributed by atoms with E-state index < -0.39 is 0 Å². The summed E-state index contributed by atoms with van der Waals surface area (Å²) in [7, 11) is 1.91. The monoisotopic (exact) mass is 320 g/mol. The molecule has 1 atom stereocenters. The maximum absolute atomic E-state index is 12.3. The van der Waals surface area contributed by atoms with Crippen molar-refractivity contribution < 1.29 is 4.79 Å². The van der Waals surface area contributed by atoms with Gasteiger partial charge in [-0.05, 0) is 19.8 Å². The molecule has 2 heterocycles. The lowest BCUT2D eigenvalue weighted by Crippen LogP contribution is -2.35. The van der Waals surface area contributed by atoms with Gasteiger partial charge in [-0.1, -0.05) is 11.8 Å². The Morgan fingerprint density at radius 3 is 3.23 bits per heavy atom. The molecule has 0 spiro atoms. The summed E-state index contributed by atoms with van der Waals surface area (Å²) in [5, 5.41) is 11.7. The van der Waals surface area contributed by atoms with Crippen LogP contribution in [0.1, 0.15) is 23.6 Å². The van der Waals surface area contributed by atoms with Crippen LogP contribution in [0.15, 0.2) is 11.5 Å². The molecule has 7 nitrogen and oxygen atoms in total. The topological polar surface area (TPSA) is 88.5 Å². The third kappa shape index (κ3) is 3.32. The second-order valence-electron chi connectivity index (χ2n) is 5.55. The Bertz CT molecular complexity index is 664. The van der Waals surface area contributed by atoms with E-state index in [9.17, 15) is 4.79 Å². The molecule has 0 fully saturated rings. The van der Waals surface area contributed by atoms with Crippen molar-refractivity contribution in [1.82, 2.24) is 30.0 Å². The van der Waals surface area contributed by atoms with E-state index in [2.05, 4.69) is 25.5 Å². The fraction of sp³-hybridized carbons (Fsp3) is 0.571. The number of imidazole rings is 1. The number of rotatable bonds is 5. The first-order valence-electron chi connectivity index (χ1n) is 7.42. The van der Waals surface area contributed by atoms with Crippen LogP contribution in [0.2, 0.25) is 0 Å². The van der Waals surface area contributed by atoms with Gasteiger partial charge in [0.05, 0.1) is 5.69 Å². The van der Waals surface area contributed by atoms with Gasteiger partial charge in [0, 0.05) is 37.4 Å². The van der Waals surface area contributed by atoms with Crippen LogP contribution in [-0.4, -0.2) is 42.9 Å². The molecule has 2 N–H and O–H groups in total. The van der Waals surface area contributed by atoms with E-state index >= 15 is 0 Å². The average Bonchev–Trinajstić information content (AvgIpc) is 3.07. The Labute approximate surface area is 133 Å². The summed E-state index contributed by atoms with van der Waals surface area (Å²) in [5.74, 6) is 1.91. The predicted octanol–water partition coefficient (Wildman–Crippen LogP) is 0.860.